The van der Waals surface area contributed by atoms with Crippen molar-refractivity contribution in [3.05, 3.63) is 41.1 Å². The number of hydrogen-bond acceptors (Lipinski definition) is 3. The number of allylic oxidation sites excluding steroid dienone is 2. The molecule has 4 nitrogen and oxygen atoms in total. The van der Waals surface area contributed by atoms with E-state index in [4.69, 9.17) is 0 Å². The Morgan fingerprint density at radius 3 is 2.38 bits per heavy atom. The van der Waals surface area contributed by atoms with Crippen LogP contribution in [0.3, 0.4) is 0 Å². The van der Waals surface area contributed by atoms with Gasteiger partial charge >= 0.3 is 0 Å². The fraction of sp³-hybridized carbons (Fsp3) is 0.500. The Balaban J connectivity index is 1.84. The second-order valence-corrected chi connectivity index (χ2v) is 7.06. The number of rotatable bonds is 4. The summed E-state index contributed by atoms with van der Waals surface area (Å²) in [6.07, 6.45) is 6.15. The van der Waals surface area contributed by atoms with Crippen molar-refractivity contribution in [2.24, 2.45) is 0 Å². The number of amides is 1. The van der Waals surface area contributed by atoms with Crippen LogP contribution in [0, 0.1) is 6.92 Å². The Bertz CT molecular complexity index is 685. The molecule has 24 heavy (non-hydrogen) atoms. The minimum absolute atomic E-state index is 0.0242. The minimum atomic E-state index is -0.595. The molecule has 0 aromatic heterocycles. The van der Waals surface area contributed by atoms with Crippen molar-refractivity contribution < 1.29 is 9.59 Å². The quantitative estimate of drug-likeness (QED) is 0.883. The Morgan fingerprint density at radius 1 is 1.04 bits per heavy atom. The van der Waals surface area contributed by atoms with Crippen molar-refractivity contribution in [3.8, 4) is 0 Å². The zero-order chi connectivity index (χ0) is 17.2. The summed E-state index contributed by atoms with van der Waals surface area (Å²) >= 11 is 0. The highest BCUT2D eigenvalue weighted by Crippen LogP contribution is 2.33. The molecule has 1 aromatic carbocycles. The molecular weight excluding hydrogens is 300 g/mol. The van der Waals surface area contributed by atoms with Crippen LogP contribution in [0.1, 0.15) is 57.4 Å². The van der Waals surface area contributed by atoms with Gasteiger partial charge in [-0.15, -0.1) is 0 Å². The van der Waals surface area contributed by atoms with Gasteiger partial charge in [-0.3, -0.25) is 9.59 Å². The number of Topliss-reactive ketones (excluding diaryl/α,β-unsaturated/α-hetero) is 1. The monoisotopic (exact) mass is 326 g/mol. The summed E-state index contributed by atoms with van der Waals surface area (Å²) in [6.45, 7) is 3.87. The van der Waals surface area contributed by atoms with Gasteiger partial charge in [0.1, 0.15) is 5.54 Å². The van der Waals surface area contributed by atoms with E-state index >= 15 is 0 Å². The van der Waals surface area contributed by atoms with E-state index in [2.05, 4.69) is 10.6 Å². The van der Waals surface area contributed by atoms with Gasteiger partial charge in [-0.1, -0.05) is 37.5 Å². The average molecular weight is 326 g/mol. The Labute approximate surface area is 143 Å². The molecule has 0 aliphatic heterocycles. The third kappa shape index (κ3) is 3.23. The summed E-state index contributed by atoms with van der Waals surface area (Å²) in [6, 6.07) is 7.84. The van der Waals surface area contributed by atoms with E-state index in [9.17, 15) is 9.59 Å². The van der Waals surface area contributed by atoms with Crippen LogP contribution >= 0.6 is 0 Å². The molecule has 0 heterocycles. The number of ketones is 1. The van der Waals surface area contributed by atoms with Crippen molar-refractivity contribution in [1.82, 2.24) is 5.32 Å². The average Bonchev–Trinajstić information content (AvgIpc) is 2.90. The maximum atomic E-state index is 13.1. The molecule has 0 radical (unpaired) electrons. The fourth-order valence-corrected chi connectivity index (χ4v) is 3.75. The molecule has 1 amide bonds. The summed E-state index contributed by atoms with van der Waals surface area (Å²) in [5, 5.41) is 6.61. The van der Waals surface area contributed by atoms with Crippen LogP contribution in [0.15, 0.2) is 35.5 Å². The van der Waals surface area contributed by atoms with Crippen molar-refractivity contribution in [2.75, 3.05) is 5.32 Å². The van der Waals surface area contributed by atoms with E-state index in [-0.39, 0.29) is 11.7 Å². The lowest BCUT2D eigenvalue weighted by Crippen LogP contribution is -2.55. The fourth-order valence-electron chi connectivity index (χ4n) is 3.75. The minimum Gasteiger partial charge on any atom is -0.374 e. The Morgan fingerprint density at radius 2 is 1.75 bits per heavy atom. The summed E-state index contributed by atoms with van der Waals surface area (Å²) < 4.78 is 0. The first-order valence-electron chi connectivity index (χ1n) is 8.90. The second-order valence-electron chi connectivity index (χ2n) is 7.06. The van der Waals surface area contributed by atoms with E-state index in [1.807, 2.05) is 38.1 Å². The Hall–Kier alpha value is -2.10. The molecule has 0 bridgehead atoms. The van der Waals surface area contributed by atoms with Crippen LogP contribution in [-0.2, 0) is 9.59 Å². The molecule has 0 saturated heterocycles. The molecule has 3 rings (SSSR count). The van der Waals surface area contributed by atoms with E-state index < -0.39 is 5.54 Å². The van der Waals surface area contributed by atoms with Gasteiger partial charge in [0.05, 0.1) is 0 Å². The van der Waals surface area contributed by atoms with Crippen molar-refractivity contribution in [1.29, 1.82) is 0 Å². The van der Waals surface area contributed by atoms with Crippen LogP contribution in [0.25, 0.3) is 0 Å². The van der Waals surface area contributed by atoms with Gasteiger partial charge in [-0.25, -0.2) is 0 Å². The molecule has 1 saturated carbocycles. The van der Waals surface area contributed by atoms with Gasteiger partial charge in [0.2, 0.25) is 5.91 Å². The normalized spacial score (nSPS) is 20.2. The molecule has 1 aromatic rings. The number of carbonyl (C=O) groups excluding carboxylic acids is 2. The number of nitrogens with one attached hydrogen (secondary N) is 2. The number of benzene rings is 1. The van der Waals surface area contributed by atoms with Crippen molar-refractivity contribution in [2.45, 2.75) is 64.3 Å². The van der Waals surface area contributed by atoms with Crippen LogP contribution in [0.4, 0.5) is 5.69 Å². The lowest BCUT2D eigenvalue weighted by atomic mass is 9.80. The van der Waals surface area contributed by atoms with E-state index in [1.54, 1.807) is 0 Å². The lowest BCUT2D eigenvalue weighted by Gasteiger charge is -2.38. The molecule has 1 fully saturated rings. The molecule has 2 aliphatic rings. The maximum Gasteiger partial charge on any atom is 0.250 e. The lowest BCUT2D eigenvalue weighted by molar-refractivity contribution is -0.123. The first-order chi connectivity index (χ1) is 11.5. The molecule has 128 valence electrons. The zero-order valence-electron chi connectivity index (χ0n) is 14.6. The third-order valence-electron chi connectivity index (χ3n) is 5.40. The zero-order valence-corrected chi connectivity index (χ0v) is 14.6. The van der Waals surface area contributed by atoms with Gasteiger partial charge in [-0.2, -0.15) is 0 Å². The number of hydrogen-bond donors (Lipinski definition) is 2. The van der Waals surface area contributed by atoms with Gasteiger partial charge in [0.25, 0.3) is 0 Å². The van der Waals surface area contributed by atoms with Gasteiger partial charge in [-0.05, 0) is 44.7 Å². The van der Waals surface area contributed by atoms with Crippen LogP contribution in [0.2, 0.25) is 0 Å². The summed E-state index contributed by atoms with van der Waals surface area (Å²) in [4.78, 5) is 25.0. The molecule has 0 spiro atoms. The highest BCUT2D eigenvalue weighted by molar-refractivity contribution is 6.00. The maximum absolute atomic E-state index is 13.1. The highest BCUT2D eigenvalue weighted by Gasteiger charge is 2.41. The number of para-hydroxylation sites is 1. The van der Waals surface area contributed by atoms with Gasteiger partial charge < -0.3 is 10.6 Å². The summed E-state index contributed by atoms with van der Waals surface area (Å²) in [5.74, 6) is 0.221. The summed E-state index contributed by atoms with van der Waals surface area (Å²) in [5.41, 5.74) is 3.08. The van der Waals surface area contributed by atoms with E-state index in [0.29, 0.717) is 6.42 Å². The molecular formula is C20H26N2O2. The van der Waals surface area contributed by atoms with Crippen LogP contribution < -0.4 is 10.6 Å². The van der Waals surface area contributed by atoms with Gasteiger partial charge in [0, 0.05) is 23.4 Å². The standard InChI is InChI=1S/C20H26N2O2/c1-14-8-4-5-9-16(14)21-19(24)20(12-6-3-7-13-20)22-17-10-11-18(23)15(17)2/h4-5,8-9,22H,3,6-7,10-13H2,1-2H3,(H,21,24). The van der Waals surface area contributed by atoms with Crippen LogP contribution in [0.5, 0.6) is 0 Å². The number of anilines is 1. The molecule has 2 N–H and O–H groups in total. The largest absolute Gasteiger partial charge is 0.374 e. The molecule has 4 heteroatoms. The molecule has 2 aliphatic carbocycles. The first kappa shape index (κ1) is 16.7. The smallest absolute Gasteiger partial charge is 0.250 e. The third-order valence-corrected chi connectivity index (χ3v) is 5.40. The highest BCUT2D eigenvalue weighted by atomic mass is 16.2. The molecule has 0 unspecified atom stereocenters. The predicted octanol–water partition coefficient (Wildman–Crippen LogP) is 3.86. The second kappa shape index (κ2) is 6.80. The van der Waals surface area contributed by atoms with E-state index in [1.165, 1.54) is 0 Å². The van der Waals surface area contributed by atoms with E-state index in [0.717, 1.165) is 61.0 Å². The van der Waals surface area contributed by atoms with Crippen molar-refractivity contribution >= 4 is 17.4 Å². The number of aryl methyl sites for hydroxylation is 1. The first-order valence-corrected chi connectivity index (χ1v) is 8.90. The SMILES string of the molecule is CC1=C(NC2(C(=O)Nc3ccccc3C)CCCCC2)CCC1=O. The molecule has 0 atom stereocenters. The van der Waals surface area contributed by atoms with Gasteiger partial charge in [0.15, 0.2) is 5.78 Å². The summed E-state index contributed by atoms with van der Waals surface area (Å²) in [7, 11) is 0. The topological polar surface area (TPSA) is 58.2 Å². The van der Waals surface area contributed by atoms with Crippen molar-refractivity contribution in [3.63, 3.8) is 0 Å². The predicted molar refractivity (Wildman–Crippen MR) is 95.7 cm³/mol. The number of carbonyl (C=O) groups is 2. The Kier molecular flexibility index (Phi) is 4.74. The van der Waals surface area contributed by atoms with Crippen LogP contribution in [-0.4, -0.2) is 17.2 Å².